The lowest BCUT2D eigenvalue weighted by atomic mass is 10.2. The average Bonchev–Trinajstić information content (AvgIpc) is 2.65. The number of hydrogen-bond acceptors (Lipinski definition) is 5. The summed E-state index contributed by atoms with van der Waals surface area (Å²) in [6, 6.07) is 14.1. The van der Waals surface area contributed by atoms with Crippen molar-refractivity contribution in [2.75, 3.05) is 27.0 Å². The smallest absolute Gasteiger partial charge is 0.337 e. The van der Waals surface area contributed by atoms with Gasteiger partial charge in [-0.3, -0.25) is 4.79 Å². The summed E-state index contributed by atoms with van der Waals surface area (Å²) in [5.74, 6) is -0.0558. The van der Waals surface area contributed by atoms with Crippen LogP contribution in [0.1, 0.15) is 20.7 Å². The minimum absolute atomic E-state index is 0.0399. The van der Waals surface area contributed by atoms with E-state index >= 15 is 0 Å². The molecule has 2 rings (SSSR count). The molecule has 0 aliphatic rings. The number of benzene rings is 2. The molecule has 0 saturated carbocycles. The van der Waals surface area contributed by atoms with Gasteiger partial charge in [-0.25, -0.2) is 9.79 Å². The van der Waals surface area contributed by atoms with Gasteiger partial charge in [0.1, 0.15) is 0 Å². The van der Waals surface area contributed by atoms with E-state index in [0.29, 0.717) is 27.7 Å². The standard InChI is InChI=1S/C19H19BrN2O3S/c1-22(2)19(21-16-10-6-14(7-11-16)18(24)25-3)26-12-17(23)13-4-8-15(20)9-5-13/h4-11H,12H2,1-3H3. The van der Waals surface area contributed by atoms with E-state index in [1.165, 1.54) is 18.9 Å². The Morgan fingerprint density at radius 2 is 1.62 bits per heavy atom. The Morgan fingerprint density at radius 3 is 2.15 bits per heavy atom. The van der Waals surface area contributed by atoms with Crippen LogP contribution in [0.2, 0.25) is 0 Å². The third-order valence-electron chi connectivity index (χ3n) is 3.39. The molecule has 0 heterocycles. The van der Waals surface area contributed by atoms with Crippen molar-refractivity contribution >= 4 is 50.3 Å². The third kappa shape index (κ3) is 5.71. The molecule has 2 aromatic rings. The van der Waals surface area contributed by atoms with E-state index in [2.05, 4.69) is 25.7 Å². The molecule has 5 nitrogen and oxygen atoms in total. The number of hydrogen-bond donors (Lipinski definition) is 0. The molecule has 0 atom stereocenters. The van der Waals surface area contributed by atoms with E-state index in [4.69, 9.17) is 0 Å². The Hall–Kier alpha value is -2.12. The summed E-state index contributed by atoms with van der Waals surface area (Å²) in [6.07, 6.45) is 0. The molecule has 7 heteroatoms. The highest BCUT2D eigenvalue weighted by molar-refractivity contribution is 9.10. The lowest BCUT2D eigenvalue weighted by Gasteiger charge is -2.15. The van der Waals surface area contributed by atoms with E-state index in [-0.39, 0.29) is 11.8 Å². The van der Waals surface area contributed by atoms with Gasteiger partial charge in [-0.05, 0) is 36.4 Å². The average molecular weight is 435 g/mol. The molecular weight excluding hydrogens is 416 g/mol. The number of carbonyl (C=O) groups is 2. The highest BCUT2D eigenvalue weighted by Gasteiger charge is 2.11. The van der Waals surface area contributed by atoms with Gasteiger partial charge in [0, 0.05) is 24.1 Å². The van der Waals surface area contributed by atoms with Crippen LogP contribution in [0.3, 0.4) is 0 Å². The fourth-order valence-corrected chi connectivity index (χ4v) is 3.13. The lowest BCUT2D eigenvalue weighted by Crippen LogP contribution is -2.20. The molecule has 0 spiro atoms. The highest BCUT2D eigenvalue weighted by Crippen LogP contribution is 2.19. The predicted molar refractivity (Wildman–Crippen MR) is 109 cm³/mol. The number of aliphatic imine (C=N–C) groups is 1. The SMILES string of the molecule is COC(=O)c1ccc(N=C(SCC(=O)c2ccc(Br)cc2)N(C)C)cc1. The van der Waals surface area contributed by atoms with Crippen LogP contribution >= 0.6 is 27.7 Å². The molecule has 0 saturated heterocycles. The van der Waals surface area contributed by atoms with Crippen molar-refractivity contribution in [2.24, 2.45) is 4.99 Å². The fraction of sp³-hybridized carbons (Fsp3) is 0.211. The van der Waals surface area contributed by atoms with Crippen molar-refractivity contribution < 1.29 is 14.3 Å². The van der Waals surface area contributed by atoms with Crippen LogP contribution < -0.4 is 0 Å². The normalized spacial score (nSPS) is 11.2. The predicted octanol–water partition coefficient (Wildman–Crippen LogP) is 4.40. The van der Waals surface area contributed by atoms with Gasteiger partial charge in [-0.1, -0.05) is 39.8 Å². The number of Topliss-reactive ketones (excluding diaryl/α,β-unsaturated/α-hetero) is 1. The van der Waals surface area contributed by atoms with Crippen molar-refractivity contribution in [3.05, 3.63) is 64.1 Å². The van der Waals surface area contributed by atoms with Crippen molar-refractivity contribution in [3.8, 4) is 0 Å². The number of ketones is 1. The number of amidine groups is 1. The first-order valence-electron chi connectivity index (χ1n) is 7.76. The molecule has 0 aliphatic carbocycles. The monoisotopic (exact) mass is 434 g/mol. The van der Waals surface area contributed by atoms with E-state index in [0.717, 1.165) is 4.47 Å². The van der Waals surface area contributed by atoms with E-state index < -0.39 is 0 Å². The van der Waals surface area contributed by atoms with Gasteiger partial charge in [-0.2, -0.15) is 0 Å². The summed E-state index contributed by atoms with van der Waals surface area (Å²) in [6.45, 7) is 0. The van der Waals surface area contributed by atoms with Gasteiger partial charge in [0.05, 0.1) is 24.1 Å². The van der Waals surface area contributed by atoms with Crippen LogP contribution in [-0.4, -0.2) is 48.8 Å². The van der Waals surface area contributed by atoms with E-state index in [9.17, 15) is 9.59 Å². The number of methoxy groups -OCH3 is 1. The number of ether oxygens (including phenoxy) is 1. The molecule has 0 aliphatic heterocycles. The number of carbonyl (C=O) groups excluding carboxylic acids is 2. The summed E-state index contributed by atoms with van der Waals surface area (Å²) in [7, 11) is 5.09. The Bertz CT molecular complexity index is 803. The number of nitrogens with zero attached hydrogens (tertiary/aromatic N) is 2. The van der Waals surface area contributed by atoms with E-state index in [1.807, 2.05) is 31.1 Å². The molecule has 0 aromatic heterocycles. The maximum Gasteiger partial charge on any atom is 0.337 e. The molecular formula is C19H19BrN2O3S. The Kier molecular flexibility index (Phi) is 7.41. The largest absolute Gasteiger partial charge is 0.465 e. The first-order chi connectivity index (χ1) is 12.4. The van der Waals surface area contributed by atoms with Crippen LogP contribution in [0.15, 0.2) is 58.0 Å². The fourth-order valence-electron chi connectivity index (χ4n) is 2.01. The summed E-state index contributed by atoms with van der Waals surface area (Å²) >= 11 is 4.73. The van der Waals surface area contributed by atoms with Crippen molar-refractivity contribution in [1.29, 1.82) is 0 Å². The minimum Gasteiger partial charge on any atom is -0.465 e. The Labute approximate surface area is 165 Å². The molecule has 26 heavy (non-hydrogen) atoms. The van der Waals surface area contributed by atoms with Crippen molar-refractivity contribution in [3.63, 3.8) is 0 Å². The second kappa shape index (κ2) is 9.54. The zero-order valence-electron chi connectivity index (χ0n) is 14.7. The van der Waals surface area contributed by atoms with Crippen molar-refractivity contribution in [2.45, 2.75) is 0 Å². The van der Waals surface area contributed by atoms with Crippen LogP contribution in [0, 0.1) is 0 Å². The molecule has 2 aromatic carbocycles. The summed E-state index contributed by atoms with van der Waals surface area (Å²) in [4.78, 5) is 30.2. The highest BCUT2D eigenvalue weighted by atomic mass is 79.9. The van der Waals surface area contributed by atoms with Gasteiger partial charge in [0.2, 0.25) is 0 Å². The summed E-state index contributed by atoms with van der Waals surface area (Å²) < 4.78 is 5.62. The van der Waals surface area contributed by atoms with Gasteiger partial charge in [-0.15, -0.1) is 0 Å². The van der Waals surface area contributed by atoms with Gasteiger partial charge in [0.25, 0.3) is 0 Å². The first-order valence-corrected chi connectivity index (χ1v) is 9.54. The van der Waals surface area contributed by atoms with Gasteiger partial charge in [0.15, 0.2) is 11.0 Å². The Morgan fingerprint density at radius 1 is 1.04 bits per heavy atom. The molecule has 0 N–H and O–H groups in total. The molecule has 0 fully saturated rings. The molecule has 0 amide bonds. The van der Waals surface area contributed by atoms with Crippen LogP contribution in [-0.2, 0) is 4.74 Å². The topological polar surface area (TPSA) is 59.0 Å². The number of esters is 1. The maximum absolute atomic E-state index is 12.3. The quantitative estimate of drug-likeness (QED) is 0.302. The zero-order valence-corrected chi connectivity index (χ0v) is 17.1. The van der Waals surface area contributed by atoms with Crippen LogP contribution in [0.5, 0.6) is 0 Å². The molecule has 0 radical (unpaired) electrons. The van der Waals surface area contributed by atoms with E-state index in [1.54, 1.807) is 36.4 Å². The minimum atomic E-state index is -0.386. The first kappa shape index (κ1) is 20.2. The summed E-state index contributed by atoms with van der Waals surface area (Å²) in [5.41, 5.74) is 1.84. The lowest BCUT2D eigenvalue weighted by molar-refractivity contribution is 0.0600. The van der Waals surface area contributed by atoms with Crippen molar-refractivity contribution in [1.82, 2.24) is 4.90 Å². The van der Waals surface area contributed by atoms with Gasteiger partial charge < -0.3 is 9.64 Å². The second-order valence-corrected chi connectivity index (χ2v) is 7.40. The van der Waals surface area contributed by atoms with Crippen LogP contribution in [0.4, 0.5) is 5.69 Å². The Balaban J connectivity index is 2.08. The number of halogens is 1. The van der Waals surface area contributed by atoms with Gasteiger partial charge >= 0.3 is 5.97 Å². The van der Waals surface area contributed by atoms with Crippen LogP contribution in [0.25, 0.3) is 0 Å². The number of thioether (sulfide) groups is 1. The zero-order chi connectivity index (χ0) is 19.1. The maximum atomic E-state index is 12.3. The number of rotatable bonds is 5. The molecule has 0 unspecified atom stereocenters. The third-order valence-corrected chi connectivity index (χ3v) is 5.04. The summed E-state index contributed by atoms with van der Waals surface area (Å²) in [5, 5.41) is 0.710. The second-order valence-electron chi connectivity index (χ2n) is 5.55. The molecule has 0 bridgehead atoms. The molecule has 136 valence electrons.